The van der Waals surface area contributed by atoms with Crippen molar-refractivity contribution >= 4 is 29.4 Å². The van der Waals surface area contributed by atoms with Crippen LogP contribution < -0.4 is 21.3 Å². The number of ether oxygens (including phenoxy) is 5. The van der Waals surface area contributed by atoms with Crippen LogP contribution in [0.15, 0.2) is 60.7 Å². The van der Waals surface area contributed by atoms with Gasteiger partial charge in [0.15, 0.2) is 11.4 Å². The third kappa shape index (κ3) is 16.7. The van der Waals surface area contributed by atoms with Crippen molar-refractivity contribution in [2.75, 3.05) is 73.2 Å². The molecule has 0 aliphatic carbocycles. The van der Waals surface area contributed by atoms with Gasteiger partial charge in [0.2, 0.25) is 23.6 Å². The number of nitrogens with zero attached hydrogens (tertiary/aromatic N) is 1. The molecule has 4 N–H and O–H groups in total. The second-order valence-corrected chi connectivity index (χ2v) is 16.2. The van der Waals surface area contributed by atoms with Crippen LogP contribution in [0.5, 0.6) is 0 Å². The van der Waals surface area contributed by atoms with Crippen molar-refractivity contribution < 1.29 is 47.7 Å². The summed E-state index contributed by atoms with van der Waals surface area (Å²) in [4.78, 5) is 71.7. The van der Waals surface area contributed by atoms with E-state index < -0.39 is 47.5 Å². The molecule has 4 rings (SSSR count). The lowest BCUT2D eigenvalue weighted by atomic mass is 9.92. The number of carbonyl (C=O) groups excluding carboxylic acids is 5. The van der Waals surface area contributed by atoms with Gasteiger partial charge in [0.25, 0.3) is 0 Å². The van der Waals surface area contributed by atoms with E-state index in [1.807, 2.05) is 93.3 Å². The SMILES string of the molecule is COCCOCOC[C@]1(C(=O)[C@H](CC(C)C)NC(=O)[C@H](Cc2ccccc2)NC(=O)[C@H](CC(C)C)NC(=O)[C@H](CCc2ccccc2)NC(=O)CN2CCOCC2)CO1. The second kappa shape index (κ2) is 24.7. The highest BCUT2D eigenvalue weighted by atomic mass is 16.7. The summed E-state index contributed by atoms with van der Waals surface area (Å²) in [6.45, 7) is 11.0. The van der Waals surface area contributed by atoms with E-state index in [0.717, 1.165) is 11.1 Å². The van der Waals surface area contributed by atoms with Gasteiger partial charge in [-0.1, -0.05) is 88.4 Å². The monoisotopic (exact) mass is 823 g/mol. The van der Waals surface area contributed by atoms with Gasteiger partial charge in [-0.25, -0.2) is 0 Å². The van der Waals surface area contributed by atoms with Crippen LogP contribution in [-0.4, -0.2) is 137 Å². The van der Waals surface area contributed by atoms with Crippen molar-refractivity contribution in [2.45, 2.75) is 89.6 Å². The number of epoxide rings is 1. The number of methoxy groups -OCH3 is 1. The van der Waals surface area contributed by atoms with Crippen molar-refractivity contribution in [3.63, 3.8) is 0 Å². The molecule has 15 heteroatoms. The van der Waals surface area contributed by atoms with Gasteiger partial charge in [0, 0.05) is 26.6 Å². The molecule has 5 atom stereocenters. The van der Waals surface area contributed by atoms with Gasteiger partial charge in [-0.05, 0) is 48.6 Å². The molecule has 15 nitrogen and oxygen atoms in total. The molecule has 2 aliphatic heterocycles. The van der Waals surface area contributed by atoms with Crippen LogP contribution >= 0.6 is 0 Å². The number of ketones is 1. The molecule has 2 fully saturated rings. The second-order valence-electron chi connectivity index (χ2n) is 16.2. The number of rotatable bonds is 27. The molecule has 59 heavy (non-hydrogen) atoms. The van der Waals surface area contributed by atoms with Crippen molar-refractivity contribution in [2.24, 2.45) is 11.8 Å². The number of aryl methyl sites for hydroxylation is 1. The van der Waals surface area contributed by atoms with E-state index in [2.05, 4.69) is 21.3 Å². The van der Waals surface area contributed by atoms with Crippen LogP contribution in [0.4, 0.5) is 0 Å². The van der Waals surface area contributed by atoms with Crippen molar-refractivity contribution in [1.82, 2.24) is 26.2 Å². The normalized spacial score (nSPS) is 18.7. The van der Waals surface area contributed by atoms with Gasteiger partial charge >= 0.3 is 0 Å². The summed E-state index contributed by atoms with van der Waals surface area (Å²) in [6, 6.07) is 15.0. The first-order valence-corrected chi connectivity index (χ1v) is 20.8. The molecule has 2 aromatic rings. The zero-order valence-corrected chi connectivity index (χ0v) is 35.4. The standard InChI is InChI=1S/C44H65N5O10/c1-31(2)24-36(40(51)44(29-59-44)28-58-30-57-23-22-55-5)46-43(54)38(26-34-14-10-7-11-15-34)48-42(53)37(25-32(3)4)47-41(52)35(17-16-33-12-8-6-9-13-33)45-39(50)27-49-18-20-56-21-19-49/h6-15,31-32,35-38H,16-30H2,1-5H3,(H,45,50)(H,46,54)(H,47,52)(H,48,53)/t35-,36-,37-,38-,44+/m0/s1. The number of nitrogens with one attached hydrogen (secondary N) is 4. The molecule has 2 heterocycles. The summed E-state index contributed by atoms with van der Waals surface area (Å²) >= 11 is 0. The fraction of sp³-hybridized carbons (Fsp3) is 0.614. The Kier molecular flexibility index (Phi) is 19.9. The van der Waals surface area contributed by atoms with Gasteiger partial charge in [0.05, 0.1) is 52.2 Å². The van der Waals surface area contributed by atoms with Crippen LogP contribution in [0.25, 0.3) is 0 Å². The van der Waals surface area contributed by atoms with Crippen molar-refractivity contribution in [3.8, 4) is 0 Å². The van der Waals surface area contributed by atoms with E-state index in [4.69, 9.17) is 23.7 Å². The van der Waals surface area contributed by atoms with Gasteiger partial charge in [-0.15, -0.1) is 0 Å². The van der Waals surface area contributed by atoms with Crippen LogP contribution in [0, 0.1) is 11.8 Å². The lowest BCUT2D eigenvalue weighted by Crippen LogP contribution is -2.59. The largest absolute Gasteiger partial charge is 0.382 e. The summed E-state index contributed by atoms with van der Waals surface area (Å²) in [5, 5.41) is 11.7. The predicted octanol–water partition coefficient (Wildman–Crippen LogP) is 2.20. The fourth-order valence-corrected chi connectivity index (χ4v) is 6.88. The number of benzene rings is 2. The molecule has 0 bridgehead atoms. The summed E-state index contributed by atoms with van der Waals surface area (Å²) in [5.41, 5.74) is 0.584. The molecule has 0 spiro atoms. The van der Waals surface area contributed by atoms with E-state index in [1.54, 1.807) is 7.11 Å². The summed E-state index contributed by atoms with van der Waals surface area (Å²) < 4.78 is 27.0. The highest BCUT2D eigenvalue weighted by molar-refractivity contribution is 5.99. The van der Waals surface area contributed by atoms with Crippen LogP contribution in [0.1, 0.15) is 58.1 Å². The Morgan fingerprint density at radius 3 is 1.88 bits per heavy atom. The lowest BCUT2D eigenvalue weighted by molar-refractivity contribution is -0.137. The topological polar surface area (TPSA) is 186 Å². The molecule has 2 aromatic carbocycles. The number of morpholine rings is 1. The van der Waals surface area contributed by atoms with E-state index in [9.17, 15) is 24.0 Å². The minimum absolute atomic E-state index is 0.0125. The average Bonchev–Trinajstić information content (AvgIpc) is 4.01. The number of hydrogen-bond donors (Lipinski definition) is 4. The van der Waals surface area contributed by atoms with E-state index in [-0.39, 0.29) is 62.9 Å². The Balaban J connectivity index is 1.50. The van der Waals surface area contributed by atoms with Crippen LogP contribution in [0.2, 0.25) is 0 Å². The van der Waals surface area contributed by atoms with E-state index >= 15 is 0 Å². The first kappa shape index (κ1) is 47.4. The summed E-state index contributed by atoms with van der Waals surface area (Å²) in [7, 11) is 1.57. The van der Waals surface area contributed by atoms with Crippen LogP contribution in [-0.2, 0) is 60.5 Å². The minimum atomic E-state index is -1.21. The zero-order valence-electron chi connectivity index (χ0n) is 35.4. The third-order valence-electron chi connectivity index (χ3n) is 10.2. The maximum absolute atomic E-state index is 14.3. The Labute approximate surface area is 348 Å². The molecular formula is C44H65N5O10. The first-order valence-electron chi connectivity index (χ1n) is 20.8. The summed E-state index contributed by atoms with van der Waals surface area (Å²) in [5.74, 6) is -2.19. The molecule has 0 unspecified atom stereocenters. The number of Topliss-reactive ketones (excluding diaryl/α,β-unsaturated/α-hetero) is 1. The summed E-state index contributed by atoms with van der Waals surface area (Å²) in [6.07, 6.45) is 1.56. The van der Waals surface area contributed by atoms with Crippen molar-refractivity contribution in [1.29, 1.82) is 0 Å². The van der Waals surface area contributed by atoms with E-state index in [1.165, 1.54) is 0 Å². The lowest BCUT2D eigenvalue weighted by Gasteiger charge is -2.29. The molecule has 326 valence electrons. The molecule has 0 aromatic heterocycles. The van der Waals surface area contributed by atoms with E-state index in [0.29, 0.717) is 58.8 Å². The quantitative estimate of drug-likeness (QED) is 0.0589. The molecule has 2 saturated heterocycles. The first-order chi connectivity index (χ1) is 28.4. The van der Waals surface area contributed by atoms with Gasteiger partial charge in [0.1, 0.15) is 24.9 Å². The van der Waals surface area contributed by atoms with Gasteiger partial charge in [-0.2, -0.15) is 0 Å². The smallest absolute Gasteiger partial charge is 0.243 e. The number of carbonyl (C=O) groups is 5. The molecule has 2 aliphatic rings. The van der Waals surface area contributed by atoms with Crippen molar-refractivity contribution in [3.05, 3.63) is 71.8 Å². The minimum Gasteiger partial charge on any atom is -0.382 e. The fourth-order valence-electron chi connectivity index (χ4n) is 6.88. The molecule has 0 radical (unpaired) electrons. The Morgan fingerprint density at radius 1 is 0.712 bits per heavy atom. The average molecular weight is 824 g/mol. The Bertz CT molecular complexity index is 1600. The zero-order chi connectivity index (χ0) is 42.6. The maximum Gasteiger partial charge on any atom is 0.243 e. The Hall–Kier alpha value is -4.25. The highest BCUT2D eigenvalue weighted by Crippen LogP contribution is 2.31. The highest BCUT2D eigenvalue weighted by Gasteiger charge is 2.55. The molecule has 4 amide bonds. The number of amides is 4. The maximum atomic E-state index is 14.3. The van der Waals surface area contributed by atoms with Gasteiger partial charge in [-0.3, -0.25) is 28.9 Å². The Morgan fingerprint density at radius 2 is 1.27 bits per heavy atom. The molecule has 0 saturated carbocycles. The van der Waals surface area contributed by atoms with Crippen LogP contribution in [0.3, 0.4) is 0 Å². The molecular weight excluding hydrogens is 759 g/mol. The predicted molar refractivity (Wildman–Crippen MR) is 221 cm³/mol. The third-order valence-corrected chi connectivity index (χ3v) is 10.2. The van der Waals surface area contributed by atoms with Gasteiger partial charge < -0.3 is 45.0 Å². The number of hydrogen-bond acceptors (Lipinski definition) is 11.